The largest absolute Gasteiger partial charge is 4.00 e. The van der Waals surface area contributed by atoms with Crippen LogP contribution in [0.25, 0.3) is 0 Å². The Bertz CT molecular complexity index is 335. The third kappa shape index (κ3) is 18.9. The van der Waals surface area contributed by atoms with Crippen LogP contribution in [0.1, 0.15) is 88.0 Å². The fourth-order valence-corrected chi connectivity index (χ4v) is 2.93. The molecule has 0 radical (unpaired) electrons. The fourth-order valence-electron chi connectivity index (χ4n) is 2.93. The molecule has 5 heteroatoms. The molecular weight excluding hydrogens is 450 g/mol. The first-order valence-corrected chi connectivity index (χ1v) is 11.5. The van der Waals surface area contributed by atoms with Crippen molar-refractivity contribution < 1.29 is 31.3 Å². The minimum absolute atomic E-state index is 0. The Morgan fingerprint density at radius 2 is 1.17 bits per heavy atom. The Labute approximate surface area is 210 Å². The number of hydrogen-bond donors (Lipinski definition) is 2. The summed E-state index contributed by atoms with van der Waals surface area (Å²) in [5, 5.41) is 12.9. The van der Waals surface area contributed by atoms with E-state index in [0.29, 0.717) is 0 Å². The first-order valence-electron chi connectivity index (χ1n) is 11.5. The second kappa shape index (κ2) is 22.4. The molecule has 0 amide bonds. The summed E-state index contributed by atoms with van der Waals surface area (Å²) in [6, 6.07) is 0. The van der Waals surface area contributed by atoms with Crippen molar-refractivity contribution in [2.75, 3.05) is 39.3 Å². The number of aliphatic hydroxyl groups excluding tert-OH is 1. The second-order valence-corrected chi connectivity index (χ2v) is 8.44. The van der Waals surface area contributed by atoms with Gasteiger partial charge in [0, 0.05) is 5.41 Å². The monoisotopic (exact) mass is 503 g/mol. The van der Waals surface area contributed by atoms with E-state index in [4.69, 9.17) is 0 Å². The molecule has 0 aromatic heterocycles. The number of nitrogens with one attached hydrogen (secondary N) is 1. The van der Waals surface area contributed by atoms with Gasteiger partial charge in [0.25, 0.3) is 0 Å². The normalized spacial score (nSPS) is 13.9. The van der Waals surface area contributed by atoms with Crippen molar-refractivity contribution in [1.29, 1.82) is 0 Å². The van der Waals surface area contributed by atoms with Crippen LogP contribution >= 0.6 is 0 Å². The molecule has 1 fully saturated rings. The minimum Gasteiger partial charge on any atom is -0.394 e. The smallest absolute Gasteiger partial charge is 0.394 e. The van der Waals surface area contributed by atoms with Crippen LogP contribution in [0, 0.1) is 18.8 Å². The van der Waals surface area contributed by atoms with Gasteiger partial charge in [-0.05, 0) is 39.3 Å². The zero-order chi connectivity index (χ0) is 22.2. The molecular formula is C25H55N3OZr+2. The molecule has 0 aromatic carbocycles. The summed E-state index contributed by atoms with van der Waals surface area (Å²) < 4.78 is 0. The summed E-state index contributed by atoms with van der Waals surface area (Å²) in [6.45, 7) is 30.3. The van der Waals surface area contributed by atoms with Crippen LogP contribution in [-0.2, 0) is 26.2 Å². The van der Waals surface area contributed by atoms with Gasteiger partial charge in [0.05, 0.1) is 0 Å². The molecule has 2 N–H and O–H groups in total. The van der Waals surface area contributed by atoms with Gasteiger partial charge in [-0.3, -0.25) is 0 Å². The number of hydrogen-bond acceptors (Lipinski definition) is 4. The molecule has 1 rings (SSSR count). The predicted molar refractivity (Wildman–Crippen MR) is 133 cm³/mol. The van der Waals surface area contributed by atoms with Crippen molar-refractivity contribution in [2.45, 2.75) is 94.2 Å². The van der Waals surface area contributed by atoms with E-state index in [-0.39, 0.29) is 39.0 Å². The van der Waals surface area contributed by atoms with Gasteiger partial charge in [-0.15, -0.1) is 5.70 Å². The van der Waals surface area contributed by atoms with Gasteiger partial charge in [0.15, 0.2) is 0 Å². The Hall–Kier alpha value is 0.173. The van der Waals surface area contributed by atoms with Crippen molar-refractivity contribution in [2.24, 2.45) is 5.41 Å². The van der Waals surface area contributed by atoms with Crippen LogP contribution < -0.4 is 5.32 Å². The molecule has 4 nitrogen and oxygen atoms in total. The zero-order valence-electron chi connectivity index (χ0n) is 22.2. The van der Waals surface area contributed by atoms with Gasteiger partial charge in [0.1, 0.15) is 6.23 Å². The number of nitrogens with zero attached hydrogens (tertiary/aromatic N) is 2. The number of rotatable bonds is 9. The molecule has 0 spiro atoms. The summed E-state index contributed by atoms with van der Waals surface area (Å²) in [5.41, 5.74) is 0.798. The number of aliphatic hydroxyl groups is 1. The Kier molecular flexibility index (Phi) is 28.0. The van der Waals surface area contributed by atoms with Crippen molar-refractivity contribution in [1.82, 2.24) is 15.1 Å². The third-order valence-electron chi connectivity index (χ3n) is 5.45. The molecule has 1 unspecified atom stereocenters. The first kappa shape index (κ1) is 37.5. The zero-order valence-corrected chi connectivity index (χ0v) is 24.7. The van der Waals surface area contributed by atoms with Gasteiger partial charge in [0.2, 0.25) is 0 Å². The maximum absolute atomic E-state index is 9.83. The van der Waals surface area contributed by atoms with Crippen molar-refractivity contribution in [3.8, 4) is 0 Å². The van der Waals surface area contributed by atoms with Crippen LogP contribution in [0.5, 0.6) is 0 Å². The van der Waals surface area contributed by atoms with Crippen LogP contribution in [0.4, 0.5) is 0 Å². The number of allylic oxidation sites excluding steroid dienone is 1. The molecule has 0 saturated heterocycles. The summed E-state index contributed by atoms with van der Waals surface area (Å²) in [5.74, 6) is 1.38. The van der Waals surface area contributed by atoms with E-state index >= 15 is 0 Å². The van der Waals surface area contributed by atoms with E-state index in [1.54, 1.807) is 0 Å². The van der Waals surface area contributed by atoms with Gasteiger partial charge in [-0.1, -0.05) is 88.0 Å². The molecule has 0 aromatic rings. The Balaban J connectivity index is -0.000000182. The van der Waals surface area contributed by atoms with Crippen molar-refractivity contribution >= 4 is 0 Å². The predicted octanol–water partition coefficient (Wildman–Crippen LogP) is 5.75. The summed E-state index contributed by atoms with van der Waals surface area (Å²) in [6.07, 6.45) is 4.30. The molecule has 0 aliphatic heterocycles. The van der Waals surface area contributed by atoms with E-state index < -0.39 is 6.23 Å². The fraction of sp³-hybridized carbons (Fsp3) is 0.840. The summed E-state index contributed by atoms with van der Waals surface area (Å²) in [7, 11) is 0. The molecule has 30 heavy (non-hydrogen) atoms. The quantitative estimate of drug-likeness (QED) is 0.310. The average molecular weight is 505 g/mol. The molecule has 178 valence electrons. The SMILES string of the molecule is C=C(NC(O)C(C)(C)C)[C-]1CCCC1.CCN(CC)CC.CCN(CC)CC.[CH3-].[Zr+4]. The second-order valence-electron chi connectivity index (χ2n) is 8.44. The van der Waals surface area contributed by atoms with Crippen LogP contribution in [0.15, 0.2) is 12.3 Å². The maximum Gasteiger partial charge on any atom is 4.00 e. The van der Waals surface area contributed by atoms with Gasteiger partial charge in [-0.2, -0.15) is 5.92 Å². The van der Waals surface area contributed by atoms with Crippen LogP contribution in [0.3, 0.4) is 0 Å². The average Bonchev–Trinajstić information content (AvgIpc) is 3.20. The molecule has 0 heterocycles. The van der Waals surface area contributed by atoms with Crippen molar-refractivity contribution in [3.63, 3.8) is 0 Å². The molecule has 0 bridgehead atoms. The molecule has 1 aliphatic rings. The summed E-state index contributed by atoms with van der Waals surface area (Å²) in [4.78, 5) is 4.75. The van der Waals surface area contributed by atoms with E-state index in [1.807, 2.05) is 20.8 Å². The first-order chi connectivity index (χ1) is 13.1. The van der Waals surface area contributed by atoms with Gasteiger partial charge < -0.3 is 27.6 Å². The topological polar surface area (TPSA) is 38.7 Å². The molecule has 1 aliphatic carbocycles. The third-order valence-corrected chi connectivity index (χ3v) is 5.45. The van der Waals surface area contributed by atoms with E-state index in [9.17, 15) is 5.11 Å². The summed E-state index contributed by atoms with van der Waals surface area (Å²) >= 11 is 0. The maximum atomic E-state index is 9.83. The standard InChI is InChI=1S/C12H22NO.2C6H15N.CH3.Zr/c1-9(10-7-5-6-8-10)13-11(14)12(2,3)4;2*1-4-7(5-2)6-3;;/h11,13-14H,1,5-8H2,2-4H3;2*4-6H2,1-3H3;1H3;/q-1;;;-1;+4. The van der Waals surface area contributed by atoms with E-state index in [1.165, 1.54) is 58.0 Å². The Morgan fingerprint density at radius 3 is 1.37 bits per heavy atom. The van der Waals surface area contributed by atoms with Crippen LogP contribution in [0.2, 0.25) is 0 Å². The Morgan fingerprint density at radius 1 is 0.867 bits per heavy atom. The van der Waals surface area contributed by atoms with Crippen LogP contribution in [-0.4, -0.2) is 60.4 Å². The van der Waals surface area contributed by atoms with Crippen molar-refractivity contribution in [3.05, 3.63) is 25.6 Å². The molecule has 1 saturated carbocycles. The minimum atomic E-state index is -0.511. The van der Waals surface area contributed by atoms with E-state index in [0.717, 1.165) is 18.5 Å². The van der Waals surface area contributed by atoms with Gasteiger partial charge in [-0.25, -0.2) is 6.58 Å². The van der Waals surface area contributed by atoms with E-state index in [2.05, 4.69) is 63.2 Å². The van der Waals surface area contributed by atoms with Gasteiger partial charge >= 0.3 is 26.2 Å². The molecule has 1 atom stereocenters.